The fraction of sp³-hybridized carbons (Fsp3) is 0.632. The van der Waals surface area contributed by atoms with Crippen LogP contribution >= 0.6 is 0 Å². The van der Waals surface area contributed by atoms with E-state index in [-0.39, 0.29) is 5.91 Å². The van der Waals surface area contributed by atoms with Gasteiger partial charge in [0.25, 0.3) is 0 Å². The Bertz CT molecular complexity index is 478. The Balaban J connectivity index is 1.81. The highest BCUT2D eigenvalue weighted by Crippen LogP contribution is 2.24. The summed E-state index contributed by atoms with van der Waals surface area (Å²) in [4.78, 5) is 16.6. The summed E-state index contributed by atoms with van der Waals surface area (Å²) >= 11 is 0. The van der Waals surface area contributed by atoms with E-state index < -0.39 is 0 Å². The smallest absolute Gasteiger partial charge is 0.238 e. The molecule has 0 saturated carbocycles. The van der Waals surface area contributed by atoms with Crippen LogP contribution in [0, 0.1) is 5.92 Å². The summed E-state index contributed by atoms with van der Waals surface area (Å²) in [5, 5.41) is 2.99. The van der Waals surface area contributed by atoms with Gasteiger partial charge in [0.2, 0.25) is 5.91 Å². The molecule has 1 fully saturated rings. The van der Waals surface area contributed by atoms with Crippen molar-refractivity contribution in [3.8, 4) is 0 Å². The first kappa shape index (κ1) is 17.8. The lowest BCUT2D eigenvalue weighted by molar-refractivity contribution is -0.117. The van der Waals surface area contributed by atoms with Gasteiger partial charge in [0.05, 0.1) is 6.54 Å². The molecule has 1 heterocycles. The summed E-state index contributed by atoms with van der Waals surface area (Å²) in [5.74, 6) is 0.901. The summed E-state index contributed by atoms with van der Waals surface area (Å²) in [6.07, 6.45) is 4.82. The number of benzene rings is 1. The average molecular weight is 317 g/mol. The number of rotatable bonds is 7. The van der Waals surface area contributed by atoms with Crippen molar-refractivity contribution in [2.75, 3.05) is 43.4 Å². The topological polar surface area (TPSA) is 35.6 Å². The van der Waals surface area contributed by atoms with Crippen LogP contribution in [0.5, 0.6) is 0 Å². The molecule has 1 aliphatic rings. The SMILES string of the molecule is CCCCN(C)CC(=O)Nc1ccc(N2CCC(C)CC2)cc1. The van der Waals surface area contributed by atoms with E-state index in [1.54, 1.807) is 0 Å². The summed E-state index contributed by atoms with van der Waals surface area (Å²) in [7, 11) is 2.00. The van der Waals surface area contributed by atoms with Crippen molar-refractivity contribution in [3.63, 3.8) is 0 Å². The molecule has 0 spiro atoms. The van der Waals surface area contributed by atoms with E-state index in [0.717, 1.165) is 44.1 Å². The predicted octanol–water partition coefficient (Wildman–Crippen LogP) is 3.59. The molecule has 1 N–H and O–H groups in total. The number of nitrogens with one attached hydrogen (secondary N) is 1. The van der Waals surface area contributed by atoms with Gasteiger partial charge in [-0.2, -0.15) is 0 Å². The van der Waals surface area contributed by atoms with E-state index in [2.05, 4.69) is 41.1 Å². The van der Waals surface area contributed by atoms with E-state index in [1.165, 1.54) is 18.5 Å². The molecule has 4 nitrogen and oxygen atoms in total. The number of amides is 1. The van der Waals surface area contributed by atoms with Crippen molar-refractivity contribution in [1.82, 2.24) is 4.90 Å². The fourth-order valence-electron chi connectivity index (χ4n) is 2.98. The molecule has 4 heteroatoms. The second kappa shape index (κ2) is 8.92. The van der Waals surface area contributed by atoms with Crippen LogP contribution in [-0.4, -0.2) is 44.0 Å². The third kappa shape index (κ3) is 5.87. The Morgan fingerprint density at radius 3 is 2.52 bits per heavy atom. The number of carbonyl (C=O) groups is 1. The van der Waals surface area contributed by atoms with Crippen LogP contribution < -0.4 is 10.2 Å². The lowest BCUT2D eigenvalue weighted by Crippen LogP contribution is -2.32. The number of hydrogen-bond acceptors (Lipinski definition) is 3. The second-order valence-electron chi connectivity index (χ2n) is 6.86. The van der Waals surface area contributed by atoms with Gasteiger partial charge in [-0.15, -0.1) is 0 Å². The minimum absolute atomic E-state index is 0.0585. The van der Waals surface area contributed by atoms with Crippen molar-refractivity contribution in [2.24, 2.45) is 5.92 Å². The first-order chi connectivity index (χ1) is 11.1. The number of hydrogen-bond donors (Lipinski definition) is 1. The van der Waals surface area contributed by atoms with Gasteiger partial charge >= 0.3 is 0 Å². The Morgan fingerprint density at radius 2 is 1.91 bits per heavy atom. The largest absolute Gasteiger partial charge is 0.372 e. The number of anilines is 2. The van der Waals surface area contributed by atoms with Crippen molar-refractivity contribution < 1.29 is 4.79 Å². The Morgan fingerprint density at radius 1 is 1.26 bits per heavy atom. The monoisotopic (exact) mass is 317 g/mol. The Hall–Kier alpha value is -1.55. The zero-order valence-electron chi connectivity index (χ0n) is 14.8. The Kier molecular flexibility index (Phi) is 6.90. The van der Waals surface area contributed by atoms with Gasteiger partial charge in [0.1, 0.15) is 0 Å². The van der Waals surface area contributed by atoms with Gasteiger partial charge in [-0.25, -0.2) is 0 Å². The number of carbonyl (C=O) groups excluding carboxylic acids is 1. The minimum atomic E-state index is 0.0585. The molecule has 1 amide bonds. The number of piperidine rings is 1. The van der Waals surface area contributed by atoms with Crippen LogP contribution in [0.3, 0.4) is 0 Å². The van der Waals surface area contributed by atoms with Gasteiger partial charge in [-0.1, -0.05) is 20.3 Å². The second-order valence-corrected chi connectivity index (χ2v) is 6.86. The zero-order chi connectivity index (χ0) is 16.7. The molecule has 2 rings (SSSR count). The van der Waals surface area contributed by atoms with Crippen molar-refractivity contribution >= 4 is 17.3 Å². The van der Waals surface area contributed by atoms with Crippen LogP contribution in [-0.2, 0) is 4.79 Å². The van der Waals surface area contributed by atoms with Crippen LogP contribution in [0.15, 0.2) is 24.3 Å². The number of likely N-dealkylation sites (N-methyl/N-ethyl adjacent to an activating group) is 1. The third-order valence-electron chi connectivity index (χ3n) is 4.61. The highest BCUT2D eigenvalue weighted by Gasteiger charge is 2.16. The lowest BCUT2D eigenvalue weighted by Gasteiger charge is -2.32. The fourth-order valence-corrected chi connectivity index (χ4v) is 2.98. The molecular weight excluding hydrogens is 286 g/mol. The molecule has 0 bridgehead atoms. The first-order valence-corrected chi connectivity index (χ1v) is 8.92. The van der Waals surface area contributed by atoms with Gasteiger partial charge in [-0.05, 0) is 63.0 Å². The normalized spacial score (nSPS) is 15.9. The summed E-state index contributed by atoms with van der Waals surface area (Å²) in [6.45, 7) is 8.18. The van der Waals surface area contributed by atoms with Crippen LogP contribution in [0.1, 0.15) is 39.5 Å². The van der Waals surface area contributed by atoms with E-state index >= 15 is 0 Å². The van der Waals surface area contributed by atoms with E-state index in [1.807, 2.05) is 19.2 Å². The van der Waals surface area contributed by atoms with Crippen molar-refractivity contribution in [1.29, 1.82) is 0 Å². The Labute approximate surface area is 140 Å². The molecule has 0 aliphatic carbocycles. The molecule has 0 radical (unpaired) electrons. The van der Waals surface area contributed by atoms with Gasteiger partial charge in [-0.3, -0.25) is 9.69 Å². The van der Waals surface area contributed by atoms with E-state index in [0.29, 0.717) is 6.54 Å². The molecule has 0 aromatic heterocycles. The quantitative estimate of drug-likeness (QED) is 0.835. The molecule has 23 heavy (non-hydrogen) atoms. The van der Waals surface area contributed by atoms with Gasteiger partial charge in [0, 0.05) is 24.5 Å². The molecule has 1 saturated heterocycles. The molecule has 1 aliphatic heterocycles. The molecule has 0 atom stereocenters. The summed E-state index contributed by atoms with van der Waals surface area (Å²) in [5.41, 5.74) is 2.14. The molecular formula is C19H31N3O. The van der Waals surface area contributed by atoms with Gasteiger partial charge < -0.3 is 10.2 Å². The highest BCUT2D eigenvalue weighted by molar-refractivity contribution is 5.92. The maximum Gasteiger partial charge on any atom is 0.238 e. The van der Waals surface area contributed by atoms with Crippen LogP contribution in [0.4, 0.5) is 11.4 Å². The van der Waals surface area contributed by atoms with Crippen molar-refractivity contribution in [2.45, 2.75) is 39.5 Å². The summed E-state index contributed by atoms with van der Waals surface area (Å²) in [6, 6.07) is 8.26. The van der Waals surface area contributed by atoms with Crippen LogP contribution in [0.2, 0.25) is 0 Å². The number of unbranched alkanes of at least 4 members (excludes halogenated alkanes) is 1. The van der Waals surface area contributed by atoms with Crippen LogP contribution in [0.25, 0.3) is 0 Å². The molecule has 128 valence electrons. The first-order valence-electron chi connectivity index (χ1n) is 8.92. The predicted molar refractivity (Wildman–Crippen MR) is 98.1 cm³/mol. The van der Waals surface area contributed by atoms with E-state index in [9.17, 15) is 4.79 Å². The third-order valence-corrected chi connectivity index (χ3v) is 4.61. The average Bonchev–Trinajstić information content (AvgIpc) is 2.54. The zero-order valence-corrected chi connectivity index (χ0v) is 14.8. The summed E-state index contributed by atoms with van der Waals surface area (Å²) < 4.78 is 0. The van der Waals surface area contributed by atoms with E-state index in [4.69, 9.17) is 0 Å². The standard InChI is InChI=1S/C19H31N3O/c1-4-5-12-21(3)15-19(23)20-17-6-8-18(9-7-17)22-13-10-16(2)11-14-22/h6-9,16H,4-5,10-15H2,1-3H3,(H,20,23). The highest BCUT2D eigenvalue weighted by atomic mass is 16.2. The molecule has 1 aromatic carbocycles. The number of nitrogens with zero attached hydrogens (tertiary/aromatic N) is 2. The maximum absolute atomic E-state index is 12.0. The lowest BCUT2D eigenvalue weighted by atomic mass is 9.99. The molecule has 0 unspecified atom stereocenters. The maximum atomic E-state index is 12.0. The van der Waals surface area contributed by atoms with Crippen molar-refractivity contribution in [3.05, 3.63) is 24.3 Å². The molecule has 1 aromatic rings. The van der Waals surface area contributed by atoms with Gasteiger partial charge in [0.15, 0.2) is 0 Å². The minimum Gasteiger partial charge on any atom is -0.372 e.